The quantitative estimate of drug-likeness (QED) is 0.864. The second kappa shape index (κ2) is 7.77. The summed E-state index contributed by atoms with van der Waals surface area (Å²) in [4.78, 5) is 2.58. The van der Waals surface area contributed by atoms with Crippen LogP contribution in [0.2, 0.25) is 0 Å². The lowest BCUT2D eigenvalue weighted by Crippen LogP contribution is -2.41. The first-order valence-electron chi connectivity index (χ1n) is 7.68. The number of aryl methyl sites for hydroxylation is 1. The van der Waals surface area contributed by atoms with Gasteiger partial charge in [-0.05, 0) is 44.8 Å². The van der Waals surface area contributed by atoms with Gasteiger partial charge in [-0.15, -0.1) is 0 Å². The van der Waals surface area contributed by atoms with Gasteiger partial charge in [0, 0.05) is 26.2 Å². The van der Waals surface area contributed by atoms with E-state index < -0.39 is 0 Å². The summed E-state index contributed by atoms with van der Waals surface area (Å²) in [6, 6.07) is 9.24. The van der Waals surface area contributed by atoms with Crippen molar-refractivity contribution in [1.82, 2.24) is 10.2 Å². The van der Waals surface area contributed by atoms with Crippen LogP contribution in [0.5, 0.6) is 0 Å². The molecule has 2 atom stereocenters. The average molecular weight is 276 g/mol. The smallest absolute Gasteiger partial charge is 0.0502 e. The van der Waals surface area contributed by atoms with Crippen LogP contribution in [0.3, 0.4) is 0 Å². The first-order valence-corrected chi connectivity index (χ1v) is 7.68. The number of benzene rings is 1. The molecule has 0 aromatic heterocycles. The van der Waals surface area contributed by atoms with Crippen LogP contribution in [0.1, 0.15) is 30.0 Å². The zero-order valence-corrected chi connectivity index (χ0v) is 13.1. The molecule has 2 unspecified atom stereocenters. The molecule has 112 valence electrons. The largest absolute Gasteiger partial charge is 0.384 e. The molecule has 20 heavy (non-hydrogen) atoms. The summed E-state index contributed by atoms with van der Waals surface area (Å²) in [6.45, 7) is 6.51. The van der Waals surface area contributed by atoms with Crippen molar-refractivity contribution in [2.45, 2.75) is 25.8 Å². The number of likely N-dealkylation sites (tertiary alicyclic amines) is 1. The topological polar surface area (TPSA) is 24.5 Å². The summed E-state index contributed by atoms with van der Waals surface area (Å²) in [5, 5.41) is 3.47. The lowest BCUT2D eigenvalue weighted by atomic mass is 9.97. The summed E-state index contributed by atoms with van der Waals surface area (Å²) >= 11 is 0. The van der Waals surface area contributed by atoms with Gasteiger partial charge in [0.1, 0.15) is 0 Å². The Balaban J connectivity index is 1.95. The Kier molecular flexibility index (Phi) is 6.02. The normalized spacial score (nSPS) is 21.9. The molecule has 1 saturated heterocycles. The van der Waals surface area contributed by atoms with Crippen molar-refractivity contribution < 1.29 is 4.74 Å². The van der Waals surface area contributed by atoms with Crippen LogP contribution in [0.15, 0.2) is 24.3 Å². The number of hydrogen-bond acceptors (Lipinski definition) is 3. The van der Waals surface area contributed by atoms with Gasteiger partial charge in [-0.25, -0.2) is 0 Å². The van der Waals surface area contributed by atoms with Crippen LogP contribution in [-0.2, 0) is 4.74 Å². The summed E-state index contributed by atoms with van der Waals surface area (Å²) in [5.74, 6) is 0.698. The molecule has 2 rings (SSSR count). The van der Waals surface area contributed by atoms with Gasteiger partial charge in [0.15, 0.2) is 0 Å². The highest BCUT2D eigenvalue weighted by molar-refractivity contribution is 5.25. The number of rotatable bonds is 6. The summed E-state index contributed by atoms with van der Waals surface area (Å²) in [5.41, 5.74) is 2.72. The van der Waals surface area contributed by atoms with E-state index in [1.54, 1.807) is 0 Å². The molecule has 0 bridgehead atoms. The third-order valence-corrected chi connectivity index (χ3v) is 4.24. The van der Waals surface area contributed by atoms with Crippen molar-refractivity contribution in [2.75, 3.05) is 40.4 Å². The van der Waals surface area contributed by atoms with Crippen LogP contribution in [0.4, 0.5) is 0 Å². The highest BCUT2D eigenvalue weighted by atomic mass is 16.5. The average Bonchev–Trinajstić information content (AvgIpc) is 2.45. The first kappa shape index (κ1) is 15.5. The van der Waals surface area contributed by atoms with Gasteiger partial charge in [-0.3, -0.25) is 0 Å². The molecule has 1 aromatic rings. The van der Waals surface area contributed by atoms with Crippen molar-refractivity contribution in [3.8, 4) is 0 Å². The zero-order valence-electron chi connectivity index (χ0n) is 13.1. The number of piperidine rings is 1. The van der Waals surface area contributed by atoms with Gasteiger partial charge < -0.3 is 15.0 Å². The standard InChI is InChI=1S/C17H28N2O/c1-14-6-4-8-16(10-14)17(18-2)12-19-9-5-7-15(11-19)13-20-3/h4,6,8,10,15,17-18H,5,7,9,11-13H2,1-3H3. The van der Waals surface area contributed by atoms with Crippen molar-refractivity contribution in [3.05, 3.63) is 35.4 Å². The monoisotopic (exact) mass is 276 g/mol. The molecular weight excluding hydrogens is 248 g/mol. The Labute approximate surface area is 123 Å². The maximum Gasteiger partial charge on any atom is 0.0502 e. The Hall–Kier alpha value is -0.900. The van der Waals surface area contributed by atoms with Gasteiger partial charge in [0.25, 0.3) is 0 Å². The van der Waals surface area contributed by atoms with E-state index in [0.717, 1.165) is 19.7 Å². The van der Waals surface area contributed by atoms with Crippen LogP contribution < -0.4 is 5.32 Å². The molecule has 0 amide bonds. The molecule has 1 aromatic carbocycles. The van der Waals surface area contributed by atoms with Crippen molar-refractivity contribution in [2.24, 2.45) is 5.92 Å². The van der Waals surface area contributed by atoms with Gasteiger partial charge in [0.05, 0.1) is 6.61 Å². The minimum atomic E-state index is 0.413. The van der Waals surface area contributed by atoms with Crippen LogP contribution in [0, 0.1) is 12.8 Å². The van der Waals surface area contributed by atoms with E-state index in [2.05, 4.69) is 48.5 Å². The van der Waals surface area contributed by atoms with E-state index in [1.807, 2.05) is 7.11 Å². The van der Waals surface area contributed by atoms with E-state index in [9.17, 15) is 0 Å². The van der Waals surface area contributed by atoms with Crippen LogP contribution >= 0.6 is 0 Å². The number of hydrogen-bond donors (Lipinski definition) is 1. The predicted octanol–water partition coefficient (Wildman–Crippen LogP) is 2.61. The van der Waals surface area contributed by atoms with Crippen molar-refractivity contribution in [3.63, 3.8) is 0 Å². The molecule has 0 radical (unpaired) electrons. The molecule has 1 aliphatic rings. The SMILES string of the molecule is CNC(CN1CCCC(COC)C1)c1cccc(C)c1. The summed E-state index contributed by atoms with van der Waals surface area (Å²) in [7, 11) is 3.87. The van der Waals surface area contributed by atoms with E-state index in [0.29, 0.717) is 12.0 Å². The maximum absolute atomic E-state index is 5.32. The van der Waals surface area contributed by atoms with Crippen LogP contribution in [-0.4, -0.2) is 45.3 Å². The lowest BCUT2D eigenvalue weighted by Gasteiger charge is -2.34. The Morgan fingerprint density at radius 3 is 3.00 bits per heavy atom. The number of likely N-dealkylation sites (N-methyl/N-ethyl adjacent to an activating group) is 1. The highest BCUT2D eigenvalue weighted by Crippen LogP contribution is 2.21. The molecule has 0 spiro atoms. The third kappa shape index (κ3) is 4.30. The second-order valence-electron chi connectivity index (χ2n) is 5.98. The van der Waals surface area contributed by atoms with E-state index in [4.69, 9.17) is 4.74 Å². The van der Waals surface area contributed by atoms with Gasteiger partial charge in [-0.1, -0.05) is 29.8 Å². The van der Waals surface area contributed by atoms with Gasteiger partial charge >= 0.3 is 0 Å². The molecule has 3 nitrogen and oxygen atoms in total. The summed E-state index contributed by atoms with van der Waals surface area (Å²) in [6.07, 6.45) is 2.59. The second-order valence-corrected chi connectivity index (χ2v) is 5.98. The van der Waals surface area contributed by atoms with Gasteiger partial charge in [-0.2, -0.15) is 0 Å². The molecule has 1 fully saturated rings. The molecule has 1 heterocycles. The Morgan fingerprint density at radius 2 is 2.30 bits per heavy atom. The van der Waals surface area contributed by atoms with Crippen molar-refractivity contribution >= 4 is 0 Å². The predicted molar refractivity (Wildman–Crippen MR) is 84.0 cm³/mol. The summed E-state index contributed by atoms with van der Waals surface area (Å²) < 4.78 is 5.32. The van der Waals surface area contributed by atoms with E-state index in [1.165, 1.54) is 30.5 Å². The van der Waals surface area contributed by atoms with Gasteiger partial charge in [0.2, 0.25) is 0 Å². The fourth-order valence-electron chi connectivity index (χ4n) is 3.20. The fraction of sp³-hybridized carbons (Fsp3) is 0.647. The first-order chi connectivity index (χ1) is 9.72. The number of nitrogens with one attached hydrogen (secondary N) is 1. The minimum absolute atomic E-state index is 0.413. The maximum atomic E-state index is 5.32. The Bertz CT molecular complexity index is 406. The molecule has 0 aliphatic carbocycles. The van der Waals surface area contributed by atoms with E-state index >= 15 is 0 Å². The van der Waals surface area contributed by atoms with E-state index in [-0.39, 0.29) is 0 Å². The number of nitrogens with zero attached hydrogens (tertiary/aromatic N) is 1. The number of ether oxygens (including phenoxy) is 1. The highest BCUT2D eigenvalue weighted by Gasteiger charge is 2.22. The molecule has 0 saturated carbocycles. The number of methoxy groups -OCH3 is 1. The minimum Gasteiger partial charge on any atom is -0.384 e. The molecule has 3 heteroatoms. The molecule has 1 N–H and O–H groups in total. The van der Waals surface area contributed by atoms with Crippen molar-refractivity contribution in [1.29, 1.82) is 0 Å². The fourth-order valence-corrected chi connectivity index (χ4v) is 3.20. The van der Waals surface area contributed by atoms with Crippen LogP contribution in [0.25, 0.3) is 0 Å². The lowest BCUT2D eigenvalue weighted by molar-refractivity contribution is 0.0861. The molecule has 1 aliphatic heterocycles. The zero-order chi connectivity index (χ0) is 14.4. The third-order valence-electron chi connectivity index (χ3n) is 4.24. The molecular formula is C17H28N2O. The Morgan fingerprint density at radius 1 is 1.45 bits per heavy atom.